The molecule has 176 valence electrons. The second-order valence-corrected chi connectivity index (χ2v) is 8.78. The molecule has 34 heavy (non-hydrogen) atoms. The third kappa shape index (κ3) is 3.94. The standard InChI is InChI=1S/C26H29FN6O/c1-15-11-16(13-17(27)12-15)19-14-30-25(29-2)22(24(19)33-9-7-18(28)8-10-33)26-31-20-5-4-6-21(34-3)23(20)32-26/h4-6,11-14,18H,7-10,28H2,1-3H3,(H,29,30)(H,31,32). The monoisotopic (exact) mass is 460 g/mol. The maximum absolute atomic E-state index is 14.4. The minimum absolute atomic E-state index is 0.181. The van der Waals surface area contributed by atoms with Crippen LogP contribution in [0.3, 0.4) is 0 Å². The van der Waals surface area contributed by atoms with E-state index in [1.54, 1.807) is 13.2 Å². The Hall–Kier alpha value is -3.65. The van der Waals surface area contributed by atoms with Crippen molar-refractivity contribution in [2.24, 2.45) is 5.73 Å². The summed E-state index contributed by atoms with van der Waals surface area (Å²) in [6.07, 6.45) is 3.58. The third-order valence-corrected chi connectivity index (χ3v) is 6.43. The Morgan fingerprint density at radius 3 is 2.71 bits per heavy atom. The Morgan fingerprint density at radius 1 is 1.21 bits per heavy atom. The second kappa shape index (κ2) is 8.95. The number of nitrogens with zero attached hydrogens (tertiary/aromatic N) is 3. The number of piperidine rings is 1. The van der Waals surface area contributed by atoms with Gasteiger partial charge in [0.05, 0.1) is 23.9 Å². The molecule has 7 nitrogen and oxygen atoms in total. The average Bonchev–Trinajstić information content (AvgIpc) is 3.27. The predicted molar refractivity (Wildman–Crippen MR) is 135 cm³/mol. The number of aromatic nitrogens is 3. The predicted octanol–water partition coefficient (Wildman–Crippen LogP) is 4.72. The summed E-state index contributed by atoms with van der Waals surface area (Å²) in [4.78, 5) is 15.4. The maximum atomic E-state index is 14.4. The van der Waals surface area contributed by atoms with E-state index in [0.717, 1.165) is 70.7 Å². The Morgan fingerprint density at radius 2 is 2.00 bits per heavy atom. The average molecular weight is 461 g/mol. The molecule has 2 aromatic heterocycles. The Labute approximate surface area is 198 Å². The number of methoxy groups -OCH3 is 1. The summed E-state index contributed by atoms with van der Waals surface area (Å²) in [5.74, 6) is 1.82. The number of pyridine rings is 1. The third-order valence-electron chi connectivity index (χ3n) is 6.43. The van der Waals surface area contributed by atoms with Crippen molar-refractivity contribution in [1.82, 2.24) is 15.0 Å². The number of H-pyrrole nitrogens is 1. The summed E-state index contributed by atoms with van der Waals surface area (Å²) in [5, 5.41) is 3.23. The molecule has 0 amide bonds. The van der Waals surface area contributed by atoms with Crippen molar-refractivity contribution in [3.63, 3.8) is 0 Å². The maximum Gasteiger partial charge on any atom is 0.144 e. The van der Waals surface area contributed by atoms with Gasteiger partial charge in [-0.3, -0.25) is 0 Å². The summed E-state index contributed by atoms with van der Waals surface area (Å²) in [7, 11) is 3.49. The number of aromatic amines is 1. The van der Waals surface area contributed by atoms with Crippen molar-refractivity contribution < 1.29 is 9.13 Å². The molecule has 0 atom stereocenters. The number of nitrogens with one attached hydrogen (secondary N) is 2. The highest BCUT2D eigenvalue weighted by molar-refractivity contribution is 5.96. The van der Waals surface area contributed by atoms with E-state index in [2.05, 4.69) is 15.2 Å². The first-order valence-corrected chi connectivity index (χ1v) is 11.5. The molecule has 5 rings (SSSR count). The van der Waals surface area contributed by atoms with Gasteiger partial charge in [-0.15, -0.1) is 0 Å². The number of hydrogen-bond donors (Lipinski definition) is 3. The van der Waals surface area contributed by atoms with Crippen LogP contribution in [-0.4, -0.2) is 48.2 Å². The first-order valence-electron chi connectivity index (χ1n) is 11.5. The van der Waals surface area contributed by atoms with Crippen molar-refractivity contribution in [3.8, 4) is 28.3 Å². The van der Waals surface area contributed by atoms with E-state index in [-0.39, 0.29) is 11.9 Å². The van der Waals surface area contributed by atoms with Gasteiger partial charge in [-0.2, -0.15) is 0 Å². The number of rotatable bonds is 5. The number of ether oxygens (including phenoxy) is 1. The molecule has 4 N–H and O–H groups in total. The Balaban J connectivity index is 1.79. The van der Waals surface area contributed by atoms with Crippen LogP contribution in [0, 0.1) is 12.7 Å². The van der Waals surface area contributed by atoms with Crippen LogP contribution in [0.25, 0.3) is 33.5 Å². The molecule has 0 spiro atoms. The summed E-state index contributed by atoms with van der Waals surface area (Å²) in [5.41, 5.74) is 12.2. The van der Waals surface area contributed by atoms with Gasteiger partial charge in [0, 0.05) is 37.9 Å². The Bertz CT molecular complexity index is 1320. The van der Waals surface area contributed by atoms with Crippen LogP contribution in [0.4, 0.5) is 15.9 Å². The fraction of sp³-hybridized carbons (Fsp3) is 0.308. The number of fused-ring (bicyclic) bond motifs is 1. The van der Waals surface area contributed by atoms with E-state index >= 15 is 0 Å². The minimum atomic E-state index is -0.269. The lowest BCUT2D eigenvalue weighted by atomic mass is 9.96. The highest BCUT2D eigenvalue weighted by Crippen LogP contribution is 2.44. The number of anilines is 2. The zero-order chi connectivity index (χ0) is 23.8. The highest BCUT2D eigenvalue weighted by Gasteiger charge is 2.27. The zero-order valence-electron chi connectivity index (χ0n) is 19.7. The van der Waals surface area contributed by atoms with E-state index in [9.17, 15) is 4.39 Å². The summed E-state index contributed by atoms with van der Waals surface area (Å²) < 4.78 is 20.0. The molecular weight excluding hydrogens is 431 g/mol. The van der Waals surface area contributed by atoms with Crippen LogP contribution < -0.4 is 20.7 Å². The number of nitrogens with two attached hydrogens (primary N) is 1. The summed E-state index contributed by atoms with van der Waals surface area (Å²) in [6.45, 7) is 3.49. The molecule has 3 heterocycles. The topological polar surface area (TPSA) is 92.1 Å². The fourth-order valence-electron chi connectivity index (χ4n) is 4.76. The summed E-state index contributed by atoms with van der Waals surface area (Å²) in [6, 6.07) is 11.0. The molecule has 0 aliphatic carbocycles. The SMILES string of the molecule is CNc1ncc(-c2cc(C)cc(F)c2)c(N2CCC(N)CC2)c1-c1nc2cccc(OC)c2[nH]1. The van der Waals surface area contributed by atoms with Crippen LogP contribution in [0.1, 0.15) is 18.4 Å². The van der Waals surface area contributed by atoms with Gasteiger partial charge in [-0.05, 0) is 55.2 Å². The van der Waals surface area contributed by atoms with E-state index < -0.39 is 0 Å². The number of para-hydroxylation sites is 1. The number of halogens is 1. The van der Waals surface area contributed by atoms with Crippen LogP contribution in [0.15, 0.2) is 42.6 Å². The highest BCUT2D eigenvalue weighted by atomic mass is 19.1. The number of benzene rings is 2. The zero-order valence-corrected chi connectivity index (χ0v) is 19.7. The molecule has 1 fully saturated rings. The van der Waals surface area contributed by atoms with Crippen LogP contribution in [0.2, 0.25) is 0 Å². The minimum Gasteiger partial charge on any atom is -0.494 e. The van der Waals surface area contributed by atoms with Crippen LogP contribution in [-0.2, 0) is 0 Å². The number of aryl methyl sites for hydroxylation is 1. The van der Waals surface area contributed by atoms with E-state index in [4.69, 9.17) is 20.4 Å². The molecule has 1 saturated heterocycles. The molecule has 0 saturated carbocycles. The summed E-state index contributed by atoms with van der Waals surface area (Å²) >= 11 is 0. The molecule has 8 heteroatoms. The van der Waals surface area contributed by atoms with Crippen molar-refractivity contribution in [1.29, 1.82) is 0 Å². The van der Waals surface area contributed by atoms with Gasteiger partial charge < -0.3 is 25.7 Å². The van der Waals surface area contributed by atoms with Gasteiger partial charge in [-0.25, -0.2) is 14.4 Å². The molecule has 4 aromatic rings. The lowest BCUT2D eigenvalue weighted by Gasteiger charge is -2.35. The lowest BCUT2D eigenvalue weighted by molar-refractivity contribution is 0.419. The quantitative estimate of drug-likeness (QED) is 0.399. The van der Waals surface area contributed by atoms with Crippen molar-refractivity contribution in [2.45, 2.75) is 25.8 Å². The first kappa shape index (κ1) is 22.2. The number of imidazole rings is 1. The van der Waals surface area contributed by atoms with Crippen molar-refractivity contribution in [2.75, 3.05) is 37.5 Å². The van der Waals surface area contributed by atoms with Crippen LogP contribution in [0.5, 0.6) is 5.75 Å². The second-order valence-electron chi connectivity index (χ2n) is 8.78. The fourth-order valence-corrected chi connectivity index (χ4v) is 4.76. The smallest absolute Gasteiger partial charge is 0.144 e. The first-order chi connectivity index (χ1) is 16.5. The van der Waals surface area contributed by atoms with E-state index in [0.29, 0.717) is 11.6 Å². The lowest BCUT2D eigenvalue weighted by Crippen LogP contribution is -2.40. The van der Waals surface area contributed by atoms with E-state index in [1.165, 1.54) is 6.07 Å². The molecule has 0 radical (unpaired) electrons. The number of hydrogen-bond acceptors (Lipinski definition) is 6. The molecule has 2 aromatic carbocycles. The van der Waals surface area contributed by atoms with Crippen molar-refractivity contribution >= 4 is 22.5 Å². The van der Waals surface area contributed by atoms with Gasteiger partial charge in [0.25, 0.3) is 0 Å². The van der Waals surface area contributed by atoms with Gasteiger partial charge in [0.1, 0.15) is 28.7 Å². The normalized spacial score (nSPS) is 14.6. The molecule has 1 aliphatic heterocycles. The Kier molecular flexibility index (Phi) is 5.83. The molecular formula is C26H29FN6O. The van der Waals surface area contributed by atoms with Gasteiger partial charge in [-0.1, -0.05) is 12.1 Å². The van der Waals surface area contributed by atoms with Gasteiger partial charge >= 0.3 is 0 Å². The molecule has 0 bridgehead atoms. The molecule has 1 aliphatic rings. The van der Waals surface area contributed by atoms with Gasteiger partial charge in [0.2, 0.25) is 0 Å². The van der Waals surface area contributed by atoms with Crippen molar-refractivity contribution in [3.05, 3.63) is 54.0 Å². The molecule has 0 unspecified atom stereocenters. The van der Waals surface area contributed by atoms with Gasteiger partial charge in [0.15, 0.2) is 0 Å². The van der Waals surface area contributed by atoms with Crippen LogP contribution >= 0.6 is 0 Å². The largest absolute Gasteiger partial charge is 0.494 e. The van der Waals surface area contributed by atoms with E-state index in [1.807, 2.05) is 44.4 Å².